The minimum Gasteiger partial charge on any atom is -0.482 e. The molecule has 0 fully saturated rings. The summed E-state index contributed by atoms with van der Waals surface area (Å²) < 4.78 is 5.30. The van der Waals surface area contributed by atoms with Gasteiger partial charge in [0.15, 0.2) is 6.61 Å². The van der Waals surface area contributed by atoms with Gasteiger partial charge in [0, 0.05) is 24.3 Å². The minimum atomic E-state index is -0.532. The lowest BCUT2D eigenvalue weighted by Gasteiger charge is -2.21. The van der Waals surface area contributed by atoms with E-state index in [4.69, 9.17) is 10.00 Å². The third-order valence-electron chi connectivity index (χ3n) is 3.94. The molecule has 27 heavy (non-hydrogen) atoms. The quantitative estimate of drug-likeness (QED) is 0.733. The zero-order chi connectivity index (χ0) is 19.6. The van der Waals surface area contributed by atoms with Gasteiger partial charge in [0.25, 0.3) is 11.8 Å². The van der Waals surface area contributed by atoms with E-state index >= 15 is 0 Å². The first kappa shape index (κ1) is 19.8. The Hall–Kier alpha value is -3.53. The predicted octanol–water partition coefficient (Wildman–Crippen LogP) is 2.24. The predicted molar refractivity (Wildman–Crippen MR) is 102 cm³/mol. The molecule has 2 N–H and O–H groups in total. The third-order valence-corrected chi connectivity index (χ3v) is 3.94. The number of rotatable bonds is 7. The number of amides is 2. The van der Waals surface area contributed by atoms with Crippen LogP contribution >= 0.6 is 0 Å². The number of hydrazine groups is 1. The van der Waals surface area contributed by atoms with Gasteiger partial charge in [-0.05, 0) is 50.2 Å². The number of nitrogens with zero attached hydrogens (tertiary/aromatic N) is 2. The number of hydrogen-bond donors (Lipinski definition) is 2. The smallest absolute Gasteiger partial charge is 0.276 e. The van der Waals surface area contributed by atoms with Gasteiger partial charge in [-0.2, -0.15) is 5.26 Å². The summed E-state index contributed by atoms with van der Waals surface area (Å²) in [5, 5.41) is 8.98. The molecule has 140 valence electrons. The van der Waals surface area contributed by atoms with Gasteiger partial charge in [-0.1, -0.05) is 12.1 Å². The van der Waals surface area contributed by atoms with Gasteiger partial charge in [0.1, 0.15) is 11.8 Å². The van der Waals surface area contributed by atoms with Gasteiger partial charge in [-0.3, -0.25) is 20.4 Å². The molecule has 0 aliphatic carbocycles. The van der Waals surface area contributed by atoms with Crippen molar-refractivity contribution in [3.63, 3.8) is 0 Å². The molecule has 0 saturated carbocycles. The fraction of sp³-hybridized carbons (Fsp3) is 0.250. The fourth-order valence-electron chi connectivity index (χ4n) is 2.48. The highest BCUT2D eigenvalue weighted by Gasteiger charge is 2.10. The molecule has 0 unspecified atom stereocenters. The summed E-state index contributed by atoms with van der Waals surface area (Å²) in [6, 6.07) is 15.7. The van der Waals surface area contributed by atoms with Crippen LogP contribution in [0.4, 0.5) is 5.69 Å². The van der Waals surface area contributed by atoms with Crippen LogP contribution in [-0.2, 0) is 4.79 Å². The highest BCUT2D eigenvalue weighted by atomic mass is 16.5. The van der Waals surface area contributed by atoms with Crippen LogP contribution in [0.1, 0.15) is 29.8 Å². The maximum absolute atomic E-state index is 12.1. The molecule has 7 nitrogen and oxygen atoms in total. The zero-order valence-electron chi connectivity index (χ0n) is 15.4. The van der Waals surface area contributed by atoms with Crippen molar-refractivity contribution in [3.8, 4) is 11.8 Å². The molecule has 0 heterocycles. The Balaban J connectivity index is 1.84. The second-order valence-electron chi connectivity index (χ2n) is 5.62. The molecule has 0 aliphatic rings. The summed E-state index contributed by atoms with van der Waals surface area (Å²) in [6.45, 7) is 5.58. The number of para-hydroxylation sites is 1. The van der Waals surface area contributed by atoms with E-state index in [1.54, 1.807) is 36.4 Å². The number of anilines is 1. The van der Waals surface area contributed by atoms with Crippen LogP contribution in [0, 0.1) is 11.3 Å². The first-order valence-corrected chi connectivity index (χ1v) is 8.65. The highest BCUT2D eigenvalue weighted by molar-refractivity contribution is 5.95. The molecule has 2 amide bonds. The van der Waals surface area contributed by atoms with Gasteiger partial charge in [-0.15, -0.1) is 0 Å². The Morgan fingerprint density at radius 1 is 1.04 bits per heavy atom. The van der Waals surface area contributed by atoms with Crippen molar-refractivity contribution in [2.75, 3.05) is 24.6 Å². The molecule has 2 aromatic carbocycles. The van der Waals surface area contributed by atoms with Gasteiger partial charge < -0.3 is 9.64 Å². The van der Waals surface area contributed by atoms with Gasteiger partial charge in [-0.25, -0.2) is 0 Å². The maximum atomic E-state index is 12.1. The van der Waals surface area contributed by atoms with E-state index in [0.29, 0.717) is 16.9 Å². The normalized spacial score (nSPS) is 9.81. The lowest BCUT2D eigenvalue weighted by molar-refractivity contribution is -0.123. The van der Waals surface area contributed by atoms with Gasteiger partial charge >= 0.3 is 0 Å². The summed E-state index contributed by atoms with van der Waals surface area (Å²) >= 11 is 0. The molecule has 0 saturated heterocycles. The molecule has 7 heteroatoms. The minimum absolute atomic E-state index is 0.313. The molecule has 2 aromatic rings. The van der Waals surface area contributed by atoms with E-state index in [0.717, 1.165) is 18.8 Å². The van der Waals surface area contributed by atoms with Gasteiger partial charge in [0.2, 0.25) is 0 Å². The molecule has 0 bridgehead atoms. The molecular weight excluding hydrogens is 344 g/mol. The number of hydrogen-bond acceptors (Lipinski definition) is 5. The van der Waals surface area contributed by atoms with Crippen LogP contribution in [0.2, 0.25) is 0 Å². The number of nitrogens with one attached hydrogen (secondary N) is 2. The molecule has 2 rings (SSSR count). The van der Waals surface area contributed by atoms with Crippen LogP contribution in [0.3, 0.4) is 0 Å². The van der Waals surface area contributed by atoms with Crippen LogP contribution < -0.4 is 20.5 Å². The van der Waals surface area contributed by atoms with E-state index in [1.807, 2.05) is 18.2 Å². The van der Waals surface area contributed by atoms with Gasteiger partial charge in [0.05, 0.1) is 5.56 Å². The molecule has 0 radical (unpaired) electrons. The van der Waals surface area contributed by atoms with Crippen LogP contribution in [0.5, 0.6) is 5.75 Å². The summed E-state index contributed by atoms with van der Waals surface area (Å²) in [5.74, 6) is -0.642. The number of ether oxygens (including phenoxy) is 1. The summed E-state index contributed by atoms with van der Waals surface area (Å²) in [4.78, 5) is 26.1. The highest BCUT2D eigenvalue weighted by Crippen LogP contribution is 2.16. The Labute approximate surface area is 158 Å². The number of carbonyl (C=O) groups is 2. The Morgan fingerprint density at radius 3 is 2.33 bits per heavy atom. The van der Waals surface area contributed by atoms with Crippen molar-refractivity contribution < 1.29 is 14.3 Å². The van der Waals surface area contributed by atoms with Crippen molar-refractivity contribution in [2.45, 2.75) is 13.8 Å². The maximum Gasteiger partial charge on any atom is 0.276 e. The van der Waals surface area contributed by atoms with E-state index in [2.05, 4.69) is 29.6 Å². The average Bonchev–Trinajstić information content (AvgIpc) is 2.72. The van der Waals surface area contributed by atoms with E-state index in [-0.39, 0.29) is 6.61 Å². The van der Waals surface area contributed by atoms with Crippen molar-refractivity contribution in [1.29, 1.82) is 5.26 Å². The van der Waals surface area contributed by atoms with Crippen LogP contribution in [-0.4, -0.2) is 31.5 Å². The molecular formula is C20H22N4O3. The standard InChI is InChI=1S/C20H22N4O3/c1-3-24(4-2)17-11-9-15(10-12-17)20(26)23-22-19(25)14-27-18-8-6-5-7-16(18)13-21/h5-12H,3-4,14H2,1-2H3,(H,22,25)(H,23,26). The van der Waals surface area contributed by atoms with Crippen molar-refractivity contribution in [3.05, 3.63) is 59.7 Å². The molecule has 0 atom stereocenters. The van der Waals surface area contributed by atoms with Crippen LogP contribution in [0.15, 0.2) is 48.5 Å². The lowest BCUT2D eigenvalue weighted by Crippen LogP contribution is -2.43. The molecule has 0 spiro atoms. The van der Waals surface area contributed by atoms with E-state index in [1.165, 1.54) is 0 Å². The largest absolute Gasteiger partial charge is 0.482 e. The summed E-state index contributed by atoms with van der Waals surface area (Å²) in [5.41, 5.74) is 6.44. The topological polar surface area (TPSA) is 94.5 Å². The molecule has 0 aliphatic heterocycles. The molecule has 0 aromatic heterocycles. The van der Waals surface area contributed by atoms with E-state index in [9.17, 15) is 9.59 Å². The number of benzene rings is 2. The zero-order valence-corrected chi connectivity index (χ0v) is 15.4. The monoisotopic (exact) mass is 366 g/mol. The lowest BCUT2D eigenvalue weighted by atomic mass is 10.2. The first-order valence-electron chi connectivity index (χ1n) is 8.65. The SMILES string of the molecule is CCN(CC)c1ccc(C(=O)NNC(=O)COc2ccccc2C#N)cc1. The summed E-state index contributed by atoms with van der Waals surface area (Å²) in [7, 11) is 0. The first-order chi connectivity index (χ1) is 13.1. The second kappa shape index (κ2) is 9.82. The Morgan fingerprint density at radius 2 is 1.70 bits per heavy atom. The number of nitriles is 1. The average molecular weight is 366 g/mol. The summed E-state index contributed by atoms with van der Waals surface area (Å²) in [6.07, 6.45) is 0. The van der Waals surface area contributed by atoms with Crippen LogP contribution in [0.25, 0.3) is 0 Å². The Bertz CT molecular complexity index is 824. The van der Waals surface area contributed by atoms with Crippen molar-refractivity contribution >= 4 is 17.5 Å². The van der Waals surface area contributed by atoms with Crippen molar-refractivity contribution in [2.24, 2.45) is 0 Å². The van der Waals surface area contributed by atoms with Crippen molar-refractivity contribution in [1.82, 2.24) is 10.9 Å². The fourth-order valence-corrected chi connectivity index (χ4v) is 2.48. The third kappa shape index (κ3) is 5.47. The van der Waals surface area contributed by atoms with E-state index < -0.39 is 11.8 Å². The number of carbonyl (C=O) groups excluding carboxylic acids is 2. The Kier molecular flexibility index (Phi) is 7.20. The second-order valence-corrected chi connectivity index (χ2v) is 5.62.